The highest BCUT2D eigenvalue weighted by molar-refractivity contribution is 5.94. The van der Waals surface area contributed by atoms with Gasteiger partial charge in [0.15, 0.2) is 0 Å². The lowest BCUT2D eigenvalue weighted by atomic mass is 10.1. The molecule has 0 unspecified atom stereocenters. The van der Waals surface area contributed by atoms with Crippen molar-refractivity contribution in [2.75, 3.05) is 6.61 Å². The molecular weight excluding hydrogens is 440 g/mol. The SMILES string of the molecule is CCCCCCCCOc1ccc(OC(=O)c2ccc(C(=O)Oc3ccc(CC)cc3)cc2)cc1. The van der Waals surface area contributed by atoms with Crippen molar-refractivity contribution >= 4 is 11.9 Å². The van der Waals surface area contributed by atoms with Crippen LogP contribution in [0.5, 0.6) is 17.2 Å². The van der Waals surface area contributed by atoms with Crippen molar-refractivity contribution in [3.63, 3.8) is 0 Å². The Morgan fingerprint density at radius 1 is 0.571 bits per heavy atom. The third-order valence-electron chi connectivity index (χ3n) is 5.70. The van der Waals surface area contributed by atoms with Crippen LogP contribution in [0.15, 0.2) is 72.8 Å². The van der Waals surface area contributed by atoms with E-state index < -0.39 is 11.9 Å². The van der Waals surface area contributed by atoms with Crippen LogP contribution in [0.25, 0.3) is 0 Å². The van der Waals surface area contributed by atoms with Gasteiger partial charge in [-0.3, -0.25) is 0 Å². The van der Waals surface area contributed by atoms with Crippen molar-refractivity contribution in [2.24, 2.45) is 0 Å². The van der Waals surface area contributed by atoms with Crippen molar-refractivity contribution in [3.05, 3.63) is 89.5 Å². The van der Waals surface area contributed by atoms with Gasteiger partial charge in [-0.15, -0.1) is 0 Å². The molecule has 0 saturated heterocycles. The number of hydrogen-bond donors (Lipinski definition) is 0. The predicted octanol–water partition coefficient (Wildman–Crippen LogP) is 7.43. The van der Waals surface area contributed by atoms with Gasteiger partial charge < -0.3 is 14.2 Å². The lowest BCUT2D eigenvalue weighted by Gasteiger charge is -2.08. The first-order valence-electron chi connectivity index (χ1n) is 12.4. The Morgan fingerprint density at radius 3 is 1.54 bits per heavy atom. The summed E-state index contributed by atoms with van der Waals surface area (Å²) in [7, 11) is 0. The van der Waals surface area contributed by atoms with Crippen LogP contribution in [0.1, 0.15) is 78.7 Å². The molecule has 0 aliphatic rings. The van der Waals surface area contributed by atoms with Crippen LogP contribution in [0.4, 0.5) is 0 Å². The third-order valence-corrected chi connectivity index (χ3v) is 5.70. The fourth-order valence-electron chi connectivity index (χ4n) is 3.54. The van der Waals surface area contributed by atoms with Gasteiger partial charge in [-0.25, -0.2) is 9.59 Å². The molecule has 0 heterocycles. The topological polar surface area (TPSA) is 61.8 Å². The van der Waals surface area contributed by atoms with Crippen molar-refractivity contribution in [1.29, 1.82) is 0 Å². The molecule has 0 fully saturated rings. The van der Waals surface area contributed by atoms with E-state index in [1.807, 2.05) is 12.1 Å². The van der Waals surface area contributed by atoms with Gasteiger partial charge in [0.2, 0.25) is 0 Å². The van der Waals surface area contributed by atoms with Crippen LogP contribution in [-0.2, 0) is 6.42 Å². The Bertz CT molecular complexity index is 1050. The molecule has 5 heteroatoms. The molecule has 35 heavy (non-hydrogen) atoms. The van der Waals surface area contributed by atoms with E-state index in [0.29, 0.717) is 29.2 Å². The minimum Gasteiger partial charge on any atom is -0.494 e. The standard InChI is InChI=1S/C30H34O5/c1-3-5-6-7-8-9-22-33-26-18-20-28(21-19-26)35-30(32)25-14-12-24(13-15-25)29(31)34-27-16-10-23(4-2)11-17-27/h10-21H,3-9,22H2,1-2H3. The summed E-state index contributed by atoms with van der Waals surface area (Å²) >= 11 is 0. The Kier molecular flexibility index (Phi) is 10.4. The summed E-state index contributed by atoms with van der Waals surface area (Å²) in [6, 6.07) is 20.6. The lowest BCUT2D eigenvalue weighted by Crippen LogP contribution is -2.11. The number of rotatable bonds is 13. The van der Waals surface area contributed by atoms with Gasteiger partial charge in [0, 0.05) is 0 Å². The minimum absolute atomic E-state index is 0.345. The maximum Gasteiger partial charge on any atom is 0.343 e. The van der Waals surface area contributed by atoms with Crippen LogP contribution in [0.3, 0.4) is 0 Å². The monoisotopic (exact) mass is 474 g/mol. The second-order valence-corrected chi connectivity index (χ2v) is 8.44. The van der Waals surface area contributed by atoms with Crippen molar-refractivity contribution in [1.82, 2.24) is 0 Å². The van der Waals surface area contributed by atoms with Gasteiger partial charge in [0.1, 0.15) is 17.2 Å². The third kappa shape index (κ3) is 8.60. The number of hydrogen-bond acceptors (Lipinski definition) is 5. The number of esters is 2. The molecule has 0 amide bonds. The molecule has 0 radical (unpaired) electrons. The Morgan fingerprint density at radius 2 is 1.03 bits per heavy atom. The molecule has 0 aliphatic heterocycles. The summed E-state index contributed by atoms with van der Waals surface area (Å²) in [6.45, 7) is 4.96. The summed E-state index contributed by atoms with van der Waals surface area (Å²) in [5.74, 6) is 0.688. The van der Waals surface area contributed by atoms with Crippen molar-refractivity contribution in [3.8, 4) is 17.2 Å². The molecule has 3 aromatic rings. The largest absolute Gasteiger partial charge is 0.494 e. The highest BCUT2D eigenvalue weighted by Crippen LogP contribution is 2.20. The molecule has 0 spiro atoms. The van der Waals surface area contributed by atoms with E-state index in [1.54, 1.807) is 60.7 Å². The summed E-state index contributed by atoms with van der Waals surface area (Å²) < 4.78 is 16.6. The molecule has 0 atom stereocenters. The zero-order valence-electron chi connectivity index (χ0n) is 20.6. The van der Waals surface area contributed by atoms with E-state index in [4.69, 9.17) is 14.2 Å². The van der Waals surface area contributed by atoms with Gasteiger partial charge in [0.05, 0.1) is 17.7 Å². The van der Waals surface area contributed by atoms with Crippen LogP contribution >= 0.6 is 0 Å². The molecule has 3 aromatic carbocycles. The molecule has 0 bridgehead atoms. The molecular formula is C30H34O5. The molecule has 5 nitrogen and oxygen atoms in total. The average molecular weight is 475 g/mol. The van der Waals surface area contributed by atoms with Gasteiger partial charge in [-0.2, -0.15) is 0 Å². The Hall–Kier alpha value is -3.60. The molecule has 0 aromatic heterocycles. The average Bonchev–Trinajstić information content (AvgIpc) is 2.89. The highest BCUT2D eigenvalue weighted by atomic mass is 16.5. The fourth-order valence-corrected chi connectivity index (χ4v) is 3.54. The van der Waals surface area contributed by atoms with Crippen LogP contribution in [0.2, 0.25) is 0 Å². The first kappa shape index (κ1) is 26.0. The van der Waals surface area contributed by atoms with E-state index >= 15 is 0 Å². The summed E-state index contributed by atoms with van der Waals surface area (Å²) in [5, 5.41) is 0. The maximum absolute atomic E-state index is 12.5. The van der Waals surface area contributed by atoms with E-state index in [0.717, 1.165) is 18.6 Å². The first-order chi connectivity index (χ1) is 17.1. The Balaban J connectivity index is 1.45. The van der Waals surface area contributed by atoms with Gasteiger partial charge in [-0.05, 0) is 79.1 Å². The number of benzene rings is 3. The maximum atomic E-state index is 12.5. The van der Waals surface area contributed by atoms with E-state index in [1.165, 1.54) is 37.7 Å². The molecule has 0 N–H and O–H groups in total. The molecule has 3 rings (SSSR count). The molecule has 0 aliphatic carbocycles. The molecule has 184 valence electrons. The van der Waals surface area contributed by atoms with Crippen molar-refractivity contribution in [2.45, 2.75) is 58.8 Å². The second kappa shape index (κ2) is 14.0. The fraction of sp³-hybridized carbons (Fsp3) is 0.333. The number of carbonyl (C=O) groups is 2. The lowest BCUT2D eigenvalue weighted by molar-refractivity contribution is 0.0720. The number of aryl methyl sites for hydroxylation is 1. The van der Waals surface area contributed by atoms with Gasteiger partial charge >= 0.3 is 11.9 Å². The van der Waals surface area contributed by atoms with E-state index in [9.17, 15) is 9.59 Å². The number of ether oxygens (including phenoxy) is 3. The zero-order chi connectivity index (χ0) is 24.9. The number of unbranched alkanes of at least 4 members (excludes halogenated alkanes) is 5. The first-order valence-corrected chi connectivity index (χ1v) is 12.4. The van der Waals surface area contributed by atoms with E-state index in [-0.39, 0.29) is 0 Å². The predicted molar refractivity (Wildman–Crippen MR) is 137 cm³/mol. The zero-order valence-corrected chi connectivity index (χ0v) is 20.6. The van der Waals surface area contributed by atoms with Crippen molar-refractivity contribution < 1.29 is 23.8 Å². The normalized spacial score (nSPS) is 10.6. The smallest absolute Gasteiger partial charge is 0.343 e. The number of carbonyl (C=O) groups excluding carboxylic acids is 2. The quantitative estimate of drug-likeness (QED) is 0.146. The van der Waals surface area contributed by atoms with Crippen LogP contribution < -0.4 is 14.2 Å². The highest BCUT2D eigenvalue weighted by Gasteiger charge is 2.13. The molecule has 0 saturated carbocycles. The summed E-state index contributed by atoms with van der Waals surface area (Å²) in [6.07, 6.45) is 8.22. The second-order valence-electron chi connectivity index (χ2n) is 8.44. The summed E-state index contributed by atoms with van der Waals surface area (Å²) in [5.41, 5.74) is 1.87. The Labute approximate surface area is 208 Å². The van der Waals surface area contributed by atoms with E-state index in [2.05, 4.69) is 13.8 Å². The summed E-state index contributed by atoms with van der Waals surface area (Å²) in [4.78, 5) is 24.9. The van der Waals surface area contributed by atoms with Crippen LogP contribution in [0, 0.1) is 0 Å². The van der Waals surface area contributed by atoms with Crippen LogP contribution in [-0.4, -0.2) is 18.5 Å². The van der Waals surface area contributed by atoms with Gasteiger partial charge in [-0.1, -0.05) is 58.1 Å². The van der Waals surface area contributed by atoms with Gasteiger partial charge in [0.25, 0.3) is 0 Å². The minimum atomic E-state index is -0.499.